The summed E-state index contributed by atoms with van der Waals surface area (Å²) < 4.78 is 0. The number of carbonyl (C=O) groups excluding carboxylic acids is 1. The number of aryl methyl sites for hydroxylation is 2. The minimum Gasteiger partial charge on any atom is -0.349 e. The third kappa shape index (κ3) is 3.74. The van der Waals surface area contributed by atoms with Crippen LogP contribution >= 0.6 is 11.6 Å². The van der Waals surface area contributed by atoms with E-state index in [4.69, 9.17) is 11.6 Å². The van der Waals surface area contributed by atoms with E-state index in [0.717, 1.165) is 16.7 Å². The van der Waals surface area contributed by atoms with Gasteiger partial charge in [0.05, 0.1) is 0 Å². The molecule has 0 bridgehead atoms. The lowest BCUT2D eigenvalue weighted by Gasteiger charge is -2.19. The number of hydrogen-bond donors (Lipinski definition) is 1. The molecule has 0 aromatic heterocycles. The summed E-state index contributed by atoms with van der Waals surface area (Å²) in [5, 5.41) is 2.99. The molecule has 1 aromatic carbocycles. The van der Waals surface area contributed by atoms with E-state index in [0.29, 0.717) is 5.88 Å². The normalized spacial score (nSPS) is 14.2. The Labute approximate surface area is 108 Å². The second-order valence-corrected chi connectivity index (χ2v) is 5.02. The van der Waals surface area contributed by atoms with Crippen molar-refractivity contribution in [1.82, 2.24) is 5.32 Å². The molecule has 0 fully saturated rings. The summed E-state index contributed by atoms with van der Waals surface area (Å²) in [5.74, 6) is 0.801. The number of hydrogen-bond acceptors (Lipinski definition) is 1. The first-order valence-electron chi connectivity index (χ1n) is 5.89. The average Bonchev–Trinajstić information content (AvgIpc) is 2.30. The Balaban J connectivity index is 2.79. The molecule has 1 N–H and O–H groups in total. The lowest BCUT2D eigenvalue weighted by Crippen LogP contribution is -2.38. The molecule has 94 valence electrons. The molecule has 0 aliphatic carbocycles. The fourth-order valence-electron chi connectivity index (χ4n) is 1.54. The lowest BCUT2D eigenvalue weighted by atomic mass is 10.0. The smallest absolute Gasteiger partial charge is 0.251 e. The van der Waals surface area contributed by atoms with Gasteiger partial charge in [-0.25, -0.2) is 0 Å². The molecule has 0 radical (unpaired) electrons. The molecular weight excluding hydrogens is 234 g/mol. The van der Waals surface area contributed by atoms with Crippen molar-refractivity contribution in [3.63, 3.8) is 0 Å². The van der Waals surface area contributed by atoms with Crippen molar-refractivity contribution >= 4 is 17.5 Å². The SMILES string of the molecule is Cc1ccc(C)c(C(=O)NC(C)C(C)CCl)c1. The van der Waals surface area contributed by atoms with E-state index < -0.39 is 0 Å². The maximum absolute atomic E-state index is 12.1. The monoisotopic (exact) mass is 253 g/mol. The summed E-state index contributed by atoms with van der Waals surface area (Å²) in [4.78, 5) is 12.1. The van der Waals surface area contributed by atoms with Crippen molar-refractivity contribution in [2.45, 2.75) is 33.7 Å². The highest BCUT2D eigenvalue weighted by Gasteiger charge is 2.16. The topological polar surface area (TPSA) is 29.1 Å². The molecule has 17 heavy (non-hydrogen) atoms. The Hall–Kier alpha value is -1.02. The number of nitrogens with one attached hydrogen (secondary N) is 1. The summed E-state index contributed by atoms with van der Waals surface area (Å²) >= 11 is 5.78. The average molecular weight is 254 g/mol. The summed E-state index contributed by atoms with van der Waals surface area (Å²) in [6, 6.07) is 5.99. The zero-order valence-corrected chi connectivity index (χ0v) is 11.6. The van der Waals surface area contributed by atoms with Gasteiger partial charge in [0.25, 0.3) is 5.91 Å². The number of amides is 1. The summed E-state index contributed by atoms with van der Waals surface area (Å²) in [5.41, 5.74) is 2.84. The second-order valence-electron chi connectivity index (χ2n) is 4.71. The van der Waals surface area contributed by atoms with Gasteiger partial charge >= 0.3 is 0 Å². The van der Waals surface area contributed by atoms with Crippen molar-refractivity contribution in [1.29, 1.82) is 0 Å². The van der Waals surface area contributed by atoms with Crippen molar-refractivity contribution in [2.75, 3.05) is 5.88 Å². The minimum absolute atomic E-state index is 0.0179. The van der Waals surface area contributed by atoms with Crippen molar-refractivity contribution < 1.29 is 4.79 Å². The van der Waals surface area contributed by atoms with E-state index in [1.165, 1.54) is 0 Å². The van der Waals surface area contributed by atoms with E-state index in [2.05, 4.69) is 5.32 Å². The number of benzene rings is 1. The Morgan fingerprint density at radius 3 is 2.59 bits per heavy atom. The second kappa shape index (κ2) is 6.06. The maximum atomic E-state index is 12.1. The third-order valence-electron chi connectivity index (χ3n) is 3.09. The molecule has 3 heteroatoms. The zero-order chi connectivity index (χ0) is 13.0. The molecule has 1 rings (SSSR count). The molecule has 2 nitrogen and oxygen atoms in total. The predicted molar refractivity (Wildman–Crippen MR) is 72.7 cm³/mol. The van der Waals surface area contributed by atoms with Crippen LogP contribution in [0.3, 0.4) is 0 Å². The van der Waals surface area contributed by atoms with Crippen LogP contribution in [-0.2, 0) is 0 Å². The summed E-state index contributed by atoms with van der Waals surface area (Å²) in [7, 11) is 0. The van der Waals surface area contributed by atoms with Gasteiger partial charge in [-0.3, -0.25) is 4.79 Å². The highest BCUT2D eigenvalue weighted by molar-refractivity contribution is 6.18. The van der Waals surface area contributed by atoms with Gasteiger partial charge < -0.3 is 5.32 Å². The molecule has 0 aliphatic heterocycles. The van der Waals surface area contributed by atoms with E-state index in [1.807, 2.05) is 45.9 Å². The lowest BCUT2D eigenvalue weighted by molar-refractivity contribution is 0.0930. The van der Waals surface area contributed by atoms with Crippen molar-refractivity contribution in [3.8, 4) is 0 Å². The molecule has 1 aromatic rings. The van der Waals surface area contributed by atoms with E-state index >= 15 is 0 Å². The Bertz CT molecular complexity index is 403. The Kier molecular flexibility index (Phi) is 5.01. The fraction of sp³-hybridized carbons (Fsp3) is 0.500. The van der Waals surface area contributed by atoms with Gasteiger partial charge in [0.1, 0.15) is 0 Å². The standard InChI is InChI=1S/C14H20ClNO/c1-9-5-6-10(2)13(7-9)14(17)16-12(4)11(3)8-15/h5-7,11-12H,8H2,1-4H3,(H,16,17). The van der Waals surface area contributed by atoms with E-state index in [1.54, 1.807) is 0 Å². The Morgan fingerprint density at radius 2 is 2.00 bits per heavy atom. The molecule has 0 aliphatic rings. The molecule has 1 amide bonds. The zero-order valence-electron chi connectivity index (χ0n) is 10.9. The van der Waals surface area contributed by atoms with Crippen LogP contribution in [0.2, 0.25) is 0 Å². The van der Waals surface area contributed by atoms with Crippen LogP contribution in [0.25, 0.3) is 0 Å². The molecule has 2 atom stereocenters. The highest BCUT2D eigenvalue weighted by atomic mass is 35.5. The Morgan fingerprint density at radius 1 is 1.35 bits per heavy atom. The first-order valence-corrected chi connectivity index (χ1v) is 6.43. The summed E-state index contributed by atoms with van der Waals surface area (Å²) in [6.45, 7) is 7.95. The number of carbonyl (C=O) groups is 1. The van der Waals surface area contributed by atoms with Crippen LogP contribution in [0.5, 0.6) is 0 Å². The van der Waals surface area contributed by atoms with Crippen LogP contribution in [-0.4, -0.2) is 17.8 Å². The molecule has 0 saturated carbocycles. The van der Waals surface area contributed by atoms with Crippen LogP contribution in [0.1, 0.15) is 35.3 Å². The van der Waals surface area contributed by atoms with E-state index in [-0.39, 0.29) is 17.9 Å². The summed E-state index contributed by atoms with van der Waals surface area (Å²) in [6.07, 6.45) is 0. The van der Waals surface area contributed by atoms with Gasteiger partial charge in [-0.15, -0.1) is 11.6 Å². The van der Waals surface area contributed by atoms with Crippen LogP contribution in [0.4, 0.5) is 0 Å². The van der Waals surface area contributed by atoms with Crippen molar-refractivity contribution in [2.24, 2.45) is 5.92 Å². The maximum Gasteiger partial charge on any atom is 0.251 e. The third-order valence-corrected chi connectivity index (χ3v) is 3.58. The highest BCUT2D eigenvalue weighted by Crippen LogP contribution is 2.12. The van der Waals surface area contributed by atoms with Gasteiger partial charge in [-0.05, 0) is 38.3 Å². The van der Waals surface area contributed by atoms with Crippen LogP contribution < -0.4 is 5.32 Å². The predicted octanol–water partition coefficient (Wildman–Crippen LogP) is 3.30. The number of rotatable bonds is 4. The van der Waals surface area contributed by atoms with Crippen LogP contribution in [0, 0.1) is 19.8 Å². The first kappa shape index (κ1) is 14.0. The quantitative estimate of drug-likeness (QED) is 0.820. The van der Waals surface area contributed by atoms with Crippen LogP contribution in [0.15, 0.2) is 18.2 Å². The molecule has 2 unspecified atom stereocenters. The van der Waals surface area contributed by atoms with Crippen molar-refractivity contribution in [3.05, 3.63) is 34.9 Å². The van der Waals surface area contributed by atoms with Gasteiger partial charge in [-0.1, -0.05) is 24.6 Å². The largest absolute Gasteiger partial charge is 0.349 e. The minimum atomic E-state index is -0.0179. The number of halogens is 1. The molecule has 0 saturated heterocycles. The molecular formula is C14H20ClNO. The fourth-order valence-corrected chi connectivity index (χ4v) is 1.81. The van der Waals surface area contributed by atoms with Gasteiger partial charge in [0.15, 0.2) is 0 Å². The molecule has 0 spiro atoms. The first-order chi connectivity index (χ1) is 7.95. The van der Waals surface area contributed by atoms with Gasteiger partial charge in [0, 0.05) is 17.5 Å². The van der Waals surface area contributed by atoms with E-state index in [9.17, 15) is 4.79 Å². The van der Waals surface area contributed by atoms with Gasteiger partial charge in [0.2, 0.25) is 0 Å². The number of alkyl halides is 1. The van der Waals surface area contributed by atoms with Gasteiger partial charge in [-0.2, -0.15) is 0 Å². The molecule has 0 heterocycles.